The maximum Gasteiger partial charge on any atom is 0.0885 e. The molecule has 1 saturated heterocycles. The number of hydrogen-bond donors (Lipinski definition) is 1. The average molecular weight is 157 g/mol. The third-order valence-corrected chi connectivity index (χ3v) is 2.38. The van der Waals surface area contributed by atoms with Crippen molar-refractivity contribution in [2.24, 2.45) is 0 Å². The fourth-order valence-corrected chi connectivity index (χ4v) is 1.61. The number of hydrogen-bond acceptors (Lipinski definition) is 1. The standard InChI is InChI=1S/C9H20N2/c1-2-3-4-7-11-8-5-10-6-9-11/h10H,2-9H2,1H3/p+1. The molecule has 0 unspecified atom stereocenters. The van der Waals surface area contributed by atoms with Gasteiger partial charge in [-0.05, 0) is 13.0 Å². The molecule has 0 aromatic carbocycles. The van der Waals surface area contributed by atoms with Crippen LogP contribution in [-0.4, -0.2) is 37.6 Å². The minimum Gasteiger partial charge on any atom is -0.344 e. The van der Waals surface area contributed by atoms with Crippen molar-refractivity contribution in [2.75, 3.05) is 32.7 Å². The number of quaternary nitrogens is 1. The van der Waals surface area contributed by atoms with Crippen LogP contribution >= 0.6 is 0 Å². The Labute approximate surface area is 70.0 Å². The highest BCUT2D eigenvalue weighted by Crippen LogP contribution is 1.97. The summed E-state index contributed by atoms with van der Waals surface area (Å²) >= 11 is 0. The second-order valence-corrected chi connectivity index (χ2v) is 3.41. The highest BCUT2D eigenvalue weighted by molar-refractivity contribution is 4.58. The van der Waals surface area contributed by atoms with E-state index < -0.39 is 0 Å². The summed E-state index contributed by atoms with van der Waals surface area (Å²) in [6.07, 6.45) is 4.15. The zero-order valence-corrected chi connectivity index (χ0v) is 7.68. The predicted molar refractivity (Wildman–Crippen MR) is 47.6 cm³/mol. The fourth-order valence-electron chi connectivity index (χ4n) is 1.61. The van der Waals surface area contributed by atoms with Crippen molar-refractivity contribution < 1.29 is 5.32 Å². The third kappa shape index (κ3) is 3.73. The van der Waals surface area contributed by atoms with Gasteiger partial charge in [0.1, 0.15) is 0 Å². The summed E-state index contributed by atoms with van der Waals surface area (Å²) < 4.78 is 0. The summed E-state index contributed by atoms with van der Waals surface area (Å²) in [4.78, 5) is 2.59. The molecular formula is C9H21N2+. The maximum atomic E-state index is 2.59. The number of nitrogens with two attached hydrogens (primary N) is 1. The molecule has 1 aliphatic heterocycles. The van der Waals surface area contributed by atoms with Crippen molar-refractivity contribution in [3.05, 3.63) is 0 Å². The fraction of sp³-hybridized carbons (Fsp3) is 1.00. The van der Waals surface area contributed by atoms with E-state index in [-0.39, 0.29) is 0 Å². The van der Waals surface area contributed by atoms with E-state index >= 15 is 0 Å². The van der Waals surface area contributed by atoms with Crippen LogP contribution in [0.2, 0.25) is 0 Å². The maximum absolute atomic E-state index is 2.59. The van der Waals surface area contributed by atoms with E-state index in [2.05, 4.69) is 17.1 Å². The number of unbranched alkanes of at least 4 members (excludes halogenated alkanes) is 2. The van der Waals surface area contributed by atoms with E-state index in [9.17, 15) is 0 Å². The molecule has 0 amide bonds. The van der Waals surface area contributed by atoms with Crippen LogP contribution in [-0.2, 0) is 0 Å². The highest BCUT2D eigenvalue weighted by Gasteiger charge is 2.10. The van der Waals surface area contributed by atoms with Crippen LogP contribution in [0.1, 0.15) is 26.2 Å². The van der Waals surface area contributed by atoms with Crippen molar-refractivity contribution in [1.82, 2.24) is 4.90 Å². The zero-order chi connectivity index (χ0) is 7.94. The lowest BCUT2D eigenvalue weighted by molar-refractivity contribution is -0.663. The normalized spacial score (nSPS) is 20.5. The molecule has 2 nitrogen and oxygen atoms in total. The Balaban J connectivity index is 1.96. The molecule has 0 saturated carbocycles. The molecule has 0 radical (unpaired) electrons. The lowest BCUT2D eigenvalue weighted by Crippen LogP contribution is -2.89. The first kappa shape index (κ1) is 9.01. The van der Waals surface area contributed by atoms with E-state index in [1.165, 1.54) is 52.0 Å². The van der Waals surface area contributed by atoms with Gasteiger partial charge in [0.2, 0.25) is 0 Å². The van der Waals surface area contributed by atoms with Crippen LogP contribution in [0.4, 0.5) is 0 Å². The summed E-state index contributed by atoms with van der Waals surface area (Å²) in [6.45, 7) is 8.84. The molecule has 66 valence electrons. The molecule has 1 rings (SSSR count). The summed E-state index contributed by atoms with van der Waals surface area (Å²) in [6, 6.07) is 0. The first-order valence-electron chi connectivity index (χ1n) is 4.97. The largest absolute Gasteiger partial charge is 0.344 e. The van der Waals surface area contributed by atoms with Gasteiger partial charge in [0.15, 0.2) is 0 Å². The minimum absolute atomic E-state index is 1.31. The van der Waals surface area contributed by atoms with E-state index in [4.69, 9.17) is 0 Å². The van der Waals surface area contributed by atoms with Gasteiger partial charge in [-0.3, -0.25) is 4.90 Å². The van der Waals surface area contributed by atoms with Gasteiger partial charge in [-0.1, -0.05) is 19.8 Å². The van der Waals surface area contributed by atoms with Crippen molar-refractivity contribution in [1.29, 1.82) is 0 Å². The van der Waals surface area contributed by atoms with Gasteiger partial charge in [-0.2, -0.15) is 0 Å². The van der Waals surface area contributed by atoms with Crippen molar-refractivity contribution >= 4 is 0 Å². The van der Waals surface area contributed by atoms with Crippen LogP contribution in [0, 0.1) is 0 Å². The van der Waals surface area contributed by atoms with Crippen molar-refractivity contribution in [2.45, 2.75) is 26.2 Å². The molecule has 1 fully saturated rings. The molecule has 0 bridgehead atoms. The SMILES string of the molecule is CCCCCN1CC[NH2+]CC1. The van der Waals surface area contributed by atoms with Crippen LogP contribution in [0.25, 0.3) is 0 Å². The predicted octanol–water partition coefficient (Wildman–Crippen LogP) is 0.0556. The van der Waals surface area contributed by atoms with E-state index in [1.807, 2.05) is 0 Å². The molecule has 2 heteroatoms. The Morgan fingerprint density at radius 3 is 2.55 bits per heavy atom. The van der Waals surface area contributed by atoms with Crippen LogP contribution in [0.15, 0.2) is 0 Å². The van der Waals surface area contributed by atoms with E-state index in [0.717, 1.165) is 0 Å². The lowest BCUT2D eigenvalue weighted by Gasteiger charge is -2.24. The first-order valence-corrected chi connectivity index (χ1v) is 4.97. The molecule has 0 aromatic rings. The highest BCUT2D eigenvalue weighted by atomic mass is 15.2. The Morgan fingerprint density at radius 1 is 1.18 bits per heavy atom. The quantitative estimate of drug-likeness (QED) is 0.572. The van der Waals surface area contributed by atoms with Crippen molar-refractivity contribution in [3.63, 3.8) is 0 Å². The van der Waals surface area contributed by atoms with Crippen LogP contribution in [0.3, 0.4) is 0 Å². The van der Waals surface area contributed by atoms with Crippen LogP contribution in [0.5, 0.6) is 0 Å². The summed E-state index contributed by atoms with van der Waals surface area (Å²) in [5.41, 5.74) is 0. The Kier molecular flexibility index (Phi) is 4.55. The molecular weight excluding hydrogens is 136 g/mol. The number of rotatable bonds is 4. The van der Waals surface area contributed by atoms with E-state index in [0.29, 0.717) is 0 Å². The average Bonchev–Trinajstić information content (AvgIpc) is 2.07. The molecule has 2 N–H and O–H groups in total. The number of nitrogens with zero attached hydrogens (tertiary/aromatic N) is 1. The molecule has 0 atom stereocenters. The van der Waals surface area contributed by atoms with Gasteiger partial charge < -0.3 is 5.32 Å². The van der Waals surface area contributed by atoms with Gasteiger partial charge in [0.25, 0.3) is 0 Å². The summed E-state index contributed by atoms with van der Waals surface area (Å²) in [7, 11) is 0. The molecule has 0 aromatic heterocycles. The van der Waals surface area contributed by atoms with Gasteiger partial charge in [0, 0.05) is 13.1 Å². The Morgan fingerprint density at radius 2 is 1.91 bits per heavy atom. The second-order valence-electron chi connectivity index (χ2n) is 3.41. The molecule has 1 aliphatic rings. The van der Waals surface area contributed by atoms with Gasteiger partial charge >= 0.3 is 0 Å². The van der Waals surface area contributed by atoms with Gasteiger partial charge in [0.05, 0.1) is 13.1 Å². The molecule has 1 heterocycles. The third-order valence-electron chi connectivity index (χ3n) is 2.38. The monoisotopic (exact) mass is 157 g/mol. The molecule has 0 aliphatic carbocycles. The van der Waals surface area contributed by atoms with Gasteiger partial charge in [-0.15, -0.1) is 0 Å². The smallest absolute Gasteiger partial charge is 0.0885 e. The second kappa shape index (κ2) is 5.56. The Bertz CT molecular complexity index is 87.6. The summed E-state index contributed by atoms with van der Waals surface area (Å²) in [5, 5.41) is 2.41. The first-order chi connectivity index (χ1) is 5.43. The lowest BCUT2D eigenvalue weighted by atomic mass is 10.2. The molecule has 11 heavy (non-hydrogen) atoms. The van der Waals surface area contributed by atoms with Gasteiger partial charge in [-0.25, -0.2) is 0 Å². The summed E-state index contributed by atoms with van der Waals surface area (Å²) in [5.74, 6) is 0. The van der Waals surface area contributed by atoms with Crippen LogP contribution < -0.4 is 5.32 Å². The van der Waals surface area contributed by atoms with Crippen molar-refractivity contribution in [3.8, 4) is 0 Å². The topological polar surface area (TPSA) is 19.9 Å². The Hall–Kier alpha value is -0.0800. The number of piperazine rings is 1. The minimum atomic E-state index is 1.31. The van der Waals surface area contributed by atoms with E-state index in [1.54, 1.807) is 0 Å². The zero-order valence-electron chi connectivity index (χ0n) is 7.68. The molecule has 0 spiro atoms.